The summed E-state index contributed by atoms with van der Waals surface area (Å²) in [5.41, 5.74) is 8.94. The first-order valence-corrected chi connectivity index (χ1v) is 6.60. The summed E-state index contributed by atoms with van der Waals surface area (Å²) in [6.07, 6.45) is 0. The minimum Gasteiger partial charge on any atom is -0.454 e. The van der Waals surface area contributed by atoms with E-state index in [0.717, 1.165) is 11.1 Å². The van der Waals surface area contributed by atoms with Crippen LogP contribution in [0.4, 0.5) is 5.69 Å². The summed E-state index contributed by atoms with van der Waals surface area (Å²) in [4.78, 5) is 23.9. The Hall–Kier alpha value is -2.62. The molecule has 2 aromatic carbocycles. The molecule has 0 heterocycles. The van der Waals surface area contributed by atoms with Gasteiger partial charge in [-0.2, -0.15) is 0 Å². The van der Waals surface area contributed by atoms with E-state index in [9.17, 15) is 9.59 Å². The zero-order chi connectivity index (χ0) is 15.4. The zero-order valence-corrected chi connectivity index (χ0v) is 12.1. The first-order valence-electron chi connectivity index (χ1n) is 6.60. The van der Waals surface area contributed by atoms with Crippen LogP contribution in [-0.2, 0) is 4.74 Å². The molecular formula is C17H17NO3. The Morgan fingerprint density at radius 3 is 2.38 bits per heavy atom. The fourth-order valence-electron chi connectivity index (χ4n) is 1.95. The Morgan fingerprint density at radius 2 is 1.71 bits per heavy atom. The maximum absolute atomic E-state index is 12.1. The SMILES string of the molecule is Cc1ccc(C)c(C(=O)COC(=O)c2ccc(N)cc2)c1. The maximum Gasteiger partial charge on any atom is 0.338 e. The van der Waals surface area contributed by atoms with Crippen LogP contribution in [0, 0.1) is 13.8 Å². The molecule has 0 spiro atoms. The molecule has 0 aliphatic carbocycles. The Labute approximate surface area is 123 Å². The summed E-state index contributed by atoms with van der Waals surface area (Å²) < 4.78 is 5.05. The molecular weight excluding hydrogens is 266 g/mol. The van der Waals surface area contributed by atoms with Crippen molar-refractivity contribution in [2.24, 2.45) is 0 Å². The molecule has 0 aromatic heterocycles. The second-order valence-electron chi connectivity index (χ2n) is 4.94. The van der Waals surface area contributed by atoms with Crippen molar-refractivity contribution in [1.82, 2.24) is 0 Å². The molecule has 0 amide bonds. The van der Waals surface area contributed by atoms with Crippen LogP contribution in [0.1, 0.15) is 31.8 Å². The lowest BCUT2D eigenvalue weighted by atomic mass is 10.0. The number of nitrogen functional groups attached to an aromatic ring is 1. The van der Waals surface area contributed by atoms with Crippen LogP contribution in [0.25, 0.3) is 0 Å². The van der Waals surface area contributed by atoms with Crippen LogP contribution in [0.2, 0.25) is 0 Å². The van der Waals surface area contributed by atoms with Crippen molar-refractivity contribution < 1.29 is 14.3 Å². The molecule has 4 nitrogen and oxygen atoms in total. The van der Waals surface area contributed by atoms with Crippen molar-refractivity contribution in [2.45, 2.75) is 13.8 Å². The lowest BCUT2D eigenvalue weighted by molar-refractivity contribution is 0.0474. The number of Topliss-reactive ketones (excluding diaryl/α,β-unsaturated/α-hetero) is 1. The van der Waals surface area contributed by atoms with Crippen molar-refractivity contribution in [2.75, 3.05) is 12.3 Å². The number of anilines is 1. The number of ketones is 1. The molecule has 4 heteroatoms. The molecule has 2 N–H and O–H groups in total. The number of rotatable bonds is 4. The van der Waals surface area contributed by atoms with Gasteiger partial charge in [0.1, 0.15) is 0 Å². The number of nitrogens with two attached hydrogens (primary N) is 1. The molecule has 0 saturated heterocycles. The molecule has 0 unspecified atom stereocenters. The number of benzene rings is 2. The summed E-state index contributed by atoms with van der Waals surface area (Å²) in [6.45, 7) is 3.50. The van der Waals surface area contributed by atoms with Gasteiger partial charge in [-0.05, 0) is 49.7 Å². The number of ether oxygens (including phenoxy) is 1. The number of hydrogen-bond donors (Lipinski definition) is 1. The van der Waals surface area contributed by atoms with Gasteiger partial charge in [-0.1, -0.05) is 17.7 Å². The molecule has 0 saturated carbocycles. The Kier molecular flexibility index (Phi) is 4.38. The quantitative estimate of drug-likeness (QED) is 0.532. The van der Waals surface area contributed by atoms with Crippen LogP contribution in [0.3, 0.4) is 0 Å². The van der Waals surface area contributed by atoms with E-state index in [-0.39, 0.29) is 12.4 Å². The first-order chi connectivity index (χ1) is 9.97. The van der Waals surface area contributed by atoms with Gasteiger partial charge in [0.2, 0.25) is 5.78 Å². The number of carbonyl (C=O) groups is 2. The molecule has 0 radical (unpaired) electrons. The molecule has 2 aromatic rings. The third-order valence-electron chi connectivity index (χ3n) is 3.17. The van der Waals surface area contributed by atoms with Crippen molar-refractivity contribution in [3.63, 3.8) is 0 Å². The van der Waals surface area contributed by atoms with Gasteiger partial charge in [-0.3, -0.25) is 4.79 Å². The largest absolute Gasteiger partial charge is 0.454 e. The first kappa shape index (κ1) is 14.8. The van der Waals surface area contributed by atoms with Crippen molar-refractivity contribution in [3.05, 3.63) is 64.7 Å². The van der Waals surface area contributed by atoms with Gasteiger partial charge in [-0.15, -0.1) is 0 Å². The van der Waals surface area contributed by atoms with Gasteiger partial charge in [0.15, 0.2) is 6.61 Å². The van der Waals surface area contributed by atoms with E-state index >= 15 is 0 Å². The average molecular weight is 283 g/mol. The van der Waals surface area contributed by atoms with E-state index in [0.29, 0.717) is 16.8 Å². The highest BCUT2D eigenvalue weighted by Gasteiger charge is 2.13. The van der Waals surface area contributed by atoms with Gasteiger partial charge < -0.3 is 10.5 Å². The number of aryl methyl sites for hydroxylation is 2. The van der Waals surface area contributed by atoms with E-state index < -0.39 is 5.97 Å². The van der Waals surface area contributed by atoms with E-state index in [4.69, 9.17) is 10.5 Å². The van der Waals surface area contributed by atoms with Crippen LogP contribution in [-0.4, -0.2) is 18.4 Å². The monoisotopic (exact) mass is 283 g/mol. The van der Waals surface area contributed by atoms with E-state index in [1.54, 1.807) is 30.3 Å². The molecule has 0 aliphatic rings. The Morgan fingerprint density at radius 1 is 1.05 bits per heavy atom. The Bertz CT molecular complexity index is 675. The Balaban J connectivity index is 2.02. The standard InChI is InChI=1S/C17H17NO3/c1-11-3-4-12(2)15(9-11)16(19)10-21-17(20)13-5-7-14(18)8-6-13/h3-9H,10,18H2,1-2H3. The summed E-state index contributed by atoms with van der Waals surface area (Å²) in [7, 11) is 0. The summed E-state index contributed by atoms with van der Waals surface area (Å²) in [6, 6.07) is 12.0. The molecule has 0 atom stereocenters. The van der Waals surface area contributed by atoms with Gasteiger partial charge in [0.05, 0.1) is 5.56 Å². The third kappa shape index (κ3) is 3.69. The lowest BCUT2D eigenvalue weighted by Gasteiger charge is -2.07. The van der Waals surface area contributed by atoms with Crippen LogP contribution < -0.4 is 5.73 Å². The highest BCUT2D eigenvalue weighted by molar-refractivity contribution is 6.00. The highest BCUT2D eigenvalue weighted by Crippen LogP contribution is 2.12. The fourth-order valence-corrected chi connectivity index (χ4v) is 1.95. The van der Waals surface area contributed by atoms with Crippen LogP contribution in [0.15, 0.2) is 42.5 Å². The molecule has 0 bridgehead atoms. The number of esters is 1. The zero-order valence-electron chi connectivity index (χ0n) is 12.1. The predicted octanol–water partition coefficient (Wildman–Crippen LogP) is 2.93. The summed E-state index contributed by atoms with van der Waals surface area (Å²) in [5, 5.41) is 0. The molecule has 108 valence electrons. The average Bonchev–Trinajstić information content (AvgIpc) is 2.47. The number of hydrogen-bond acceptors (Lipinski definition) is 4. The second kappa shape index (κ2) is 6.22. The van der Waals surface area contributed by atoms with E-state index in [1.165, 1.54) is 0 Å². The minimum atomic E-state index is -0.534. The number of carbonyl (C=O) groups excluding carboxylic acids is 2. The van der Waals surface area contributed by atoms with Gasteiger partial charge in [0.25, 0.3) is 0 Å². The topological polar surface area (TPSA) is 69.4 Å². The lowest BCUT2D eigenvalue weighted by Crippen LogP contribution is -2.15. The maximum atomic E-state index is 12.1. The van der Waals surface area contributed by atoms with Gasteiger partial charge in [-0.25, -0.2) is 4.79 Å². The van der Waals surface area contributed by atoms with Crippen LogP contribution in [0.5, 0.6) is 0 Å². The normalized spacial score (nSPS) is 10.2. The third-order valence-corrected chi connectivity index (χ3v) is 3.17. The van der Waals surface area contributed by atoms with Crippen molar-refractivity contribution in [3.8, 4) is 0 Å². The second-order valence-corrected chi connectivity index (χ2v) is 4.94. The molecule has 21 heavy (non-hydrogen) atoms. The van der Waals surface area contributed by atoms with E-state index in [2.05, 4.69) is 0 Å². The van der Waals surface area contributed by atoms with Gasteiger partial charge in [0, 0.05) is 11.3 Å². The molecule has 0 fully saturated rings. The summed E-state index contributed by atoms with van der Waals surface area (Å²) in [5.74, 6) is -0.742. The van der Waals surface area contributed by atoms with Crippen molar-refractivity contribution >= 4 is 17.4 Å². The van der Waals surface area contributed by atoms with Gasteiger partial charge >= 0.3 is 5.97 Å². The van der Waals surface area contributed by atoms with Crippen molar-refractivity contribution in [1.29, 1.82) is 0 Å². The highest BCUT2D eigenvalue weighted by atomic mass is 16.5. The van der Waals surface area contributed by atoms with E-state index in [1.807, 2.05) is 26.0 Å². The predicted molar refractivity (Wildman–Crippen MR) is 81.4 cm³/mol. The fraction of sp³-hybridized carbons (Fsp3) is 0.176. The minimum absolute atomic E-state index is 0.208. The van der Waals surface area contributed by atoms with Crippen LogP contribution >= 0.6 is 0 Å². The smallest absolute Gasteiger partial charge is 0.338 e. The molecule has 0 aliphatic heterocycles. The summed E-state index contributed by atoms with van der Waals surface area (Å²) >= 11 is 0. The molecule has 2 rings (SSSR count).